The monoisotopic (exact) mass is 538 g/mol. The van der Waals surface area contributed by atoms with E-state index in [1.807, 2.05) is 61.5 Å². The molecule has 9 nitrogen and oxygen atoms in total. The van der Waals surface area contributed by atoms with Gasteiger partial charge in [0, 0.05) is 12.1 Å². The van der Waals surface area contributed by atoms with Gasteiger partial charge in [-0.2, -0.15) is 0 Å². The fraction of sp³-hybridized carbons (Fsp3) is 0.467. The molecule has 2 aromatic carbocycles. The van der Waals surface area contributed by atoms with Crippen LogP contribution in [0.1, 0.15) is 77.6 Å². The molecule has 4 N–H and O–H groups in total. The molecule has 0 heterocycles. The minimum atomic E-state index is -1.34. The molecule has 0 saturated carbocycles. The number of benzene rings is 2. The van der Waals surface area contributed by atoms with Gasteiger partial charge in [-0.15, -0.1) is 0 Å². The molecule has 2 aromatic rings. The Kier molecular flexibility index (Phi) is 10.7. The van der Waals surface area contributed by atoms with Crippen LogP contribution in [-0.2, 0) is 32.1 Å². The van der Waals surface area contributed by atoms with Crippen molar-refractivity contribution in [2.75, 3.05) is 0 Å². The zero-order valence-electron chi connectivity index (χ0n) is 24.0. The van der Waals surface area contributed by atoms with Crippen molar-refractivity contribution >= 4 is 23.8 Å². The van der Waals surface area contributed by atoms with E-state index in [-0.39, 0.29) is 6.54 Å². The van der Waals surface area contributed by atoms with Gasteiger partial charge in [-0.25, -0.2) is 4.79 Å². The average molecular weight is 539 g/mol. The van der Waals surface area contributed by atoms with E-state index in [2.05, 4.69) is 10.6 Å². The highest BCUT2D eigenvalue weighted by Gasteiger charge is 2.42. The predicted molar refractivity (Wildman–Crippen MR) is 150 cm³/mol. The van der Waals surface area contributed by atoms with Crippen LogP contribution in [0, 0.1) is 0 Å². The normalized spacial score (nSPS) is 13.1. The highest BCUT2D eigenvalue weighted by molar-refractivity contribution is 5.95. The Morgan fingerprint density at radius 1 is 0.897 bits per heavy atom. The van der Waals surface area contributed by atoms with Crippen LogP contribution < -0.4 is 16.4 Å². The lowest BCUT2D eigenvalue weighted by Crippen LogP contribution is -2.59. The van der Waals surface area contributed by atoms with Gasteiger partial charge >= 0.3 is 6.09 Å². The average Bonchev–Trinajstić information content (AvgIpc) is 2.83. The van der Waals surface area contributed by atoms with Crippen LogP contribution >= 0.6 is 0 Å². The summed E-state index contributed by atoms with van der Waals surface area (Å²) in [6, 6.07) is 14.5. The number of amides is 4. The number of nitrogens with one attached hydrogen (secondary N) is 2. The number of nitrogens with zero attached hydrogens (tertiary/aromatic N) is 1. The number of ether oxygens (including phenoxy) is 1. The standard InChI is InChI=1S/C30H42N4O5/c1-8-20-14-16-22(17-15-20)25(26(36)32-19-21-12-10-9-11-13-21)34(29(2,3)4)27(37)23(18-24(31)35)33-28(38)39-30(5,6)7/h9-17,23,25H,8,18-19H2,1-7H3,(H2,31,35)(H,32,36)(H,33,38). The van der Waals surface area contributed by atoms with Gasteiger partial charge in [0.1, 0.15) is 17.7 Å². The minimum Gasteiger partial charge on any atom is -0.444 e. The van der Waals surface area contributed by atoms with Crippen LogP contribution in [0.5, 0.6) is 0 Å². The number of carbonyl (C=O) groups excluding carboxylic acids is 4. The zero-order valence-corrected chi connectivity index (χ0v) is 24.0. The van der Waals surface area contributed by atoms with Crippen molar-refractivity contribution in [3.8, 4) is 0 Å². The van der Waals surface area contributed by atoms with Crippen molar-refractivity contribution in [3.63, 3.8) is 0 Å². The molecular formula is C30H42N4O5. The molecule has 0 bridgehead atoms. The first-order valence-electron chi connectivity index (χ1n) is 13.1. The Hall–Kier alpha value is -3.88. The van der Waals surface area contributed by atoms with E-state index in [1.165, 1.54) is 4.90 Å². The van der Waals surface area contributed by atoms with Gasteiger partial charge in [0.25, 0.3) is 0 Å². The van der Waals surface area contributed by atoms with Crippen LogP contribution in [0.4, 0.5) is 4.79 Å². The van der Waals surface area contributed by atoms with Gasteiger partial charge in [0.15, 0.2) is 0 Å². The summed E-state index contributed by atoms with van der Waals surface area (Å²) in [6.45, 7) is 12.7. The van der Waals surface area contributed by atoms with Crippen molar-refractivity contribution in [2.24, 2.45) is 5.73 Å². The Morgan fingerprint density at radius 3 is 1.97 bits per heavy atom. The van der Waals surface area contributed by atoms with E-state index in [0.717, 1.165) is 17.5 Å². The van der Waals surface area contributed by atoms with Crippen molar-refractivity contribution in [1.82, 2.24) is 15.5 Å². The summed E-state index contributed by atoms with van der Waals surface area (Å²) in [5.74, 6) is -1.82. The lowest BCUT2D eigenvalue weighted by molar-refractivity contribution is -0.149. The third-order valence-electron chi connectivity index (χ3n) is 5.87. The first-order valence-corrected chi connectivity index (χ1v) is 13.1. The molecule has 0 spiro atoms. The van der Waals surface area contributed by atoms with Gasteiger partial charge in [0.05, 0.1) is 6.42 Å². The maximum absolute atomic E-state index is 14.1. The largest absolute Gasteiger partial charge is 0.444 e. The topological polar surface area (TPSA) is 131 Å². The van der Waals surface area contributed by atoms with Crippen molar-refractivity contribution < 1.29 is 23.9 Å². The summed E-state index contributed by atoms with van der Waals surface area (Å²) in [5.41, 5.74) is 6.31. The van der Waals surface area contributed by atoms with Gasteiger partial charge in [-0.3, -0.25) is 14.4 Å². The molecule has 0 aromatic heterocycles. The van der Waals surface area contributed by atoms with E-state index in [4.69, 9.17) is 10.5 Å². The molecule has 2 rings (SSSR count). The Morgan fingerprint density at radius 2 is 1.49 bits per heavy atom. The van der Waals surface area contributed by atoms with Crippen LogP contribution in [0.3, 0.4) is 0 Å². The van der Waals surface area contributed by atoms with E-state index in [9.17, 15) is 19.2 Å². The zero-order chi connectivity index (χ0) is 29.4. The lowest BCUT2D eigenvalue weighted by Gasteiger charge is -2.43. The molecule has 0 saturated heterocycles. The SMILES string of the molecule is CCc1ccc(C(C(=O)NCc2ccccc2)N(C(=O)C(CC(N)=O)NC(=O)OC(C)(C)C)C(C)(C)C)cc1. The molecule has 0 radical (unpaired) electrons. The Labute approximate surface area is 231 Å². The van der Waals surface area contributed by atoms with Gasteiger partial charge in [0.2, 0.25) is 17.7 Å². The number of alkyl carbamates (subject to hydrolysis) is 1. The third kappa shape index (κ3) is 9.74. The Bertz CT molecular complexity index is 1130. The van der Waals surface area contributed by atoms with Crippen LogP contribution in [0.25, 0.3) is 0 Å². The number of hydrogen-bond donors (Lipinski definition) is 3. The highest BCUT2D eigenvalue weighted by atomic mass is 16.6. The van der Waals surface area contributed by atoms with E-state index in [0.29, 0.717) is 5.56 Å². The molecule has 2 unspecified atom stereocenters. The maximum Gasteiger partial charge on any atom is 0.408 e. The summed E-state index contributed by atoms with van der Waals surface area (Å²) in [7, 11) is 0. The predicted octanol–water partition coefficient (Wildman–Crippen LogP) is 4.00. The maximum atomic E-state index is 14.1. The summed E-state index contributed by atoms with van der Waals surface area (Å²) in [4.78, 5) is 53.9. The second kappa shape index (κ2) is 13.3. The fourth-order valence-corrected chi connectivity index (χ4v) is 4.10. The molecule has 9 heteroatoms. The van der Waals surface area contributed by atoms with Crippen molar-refractivity contribution in [2.45, 2.75) is 91.1 Å². The van der Waals surface area contributed by atoms with Gasteiger partial charge < -0.3 is 26.0 Å². The Balaban J connectivity index is 2.53. The fourth-order valence-electron chi connectivity index (χ4n) is 4.10. The quantitative estimate of drug-likeness (QED) is 0.421. The number of carbonyl (C=O) groups is 4. The third-order valence-corrected chi connectivity index (χ3v) is 5.87. The van der Waals surface area contributed by atoms with E-state index < -0.39 is 53.5 Å². The summed E-state index contributed by atoms with van der Waals surface area (Å²) in [5, 5.41) is 5.44. The first-order chi connectivity index (χ1) is 18.1. The highest BCUT2D eigenvalue weighted by Crippen LogP contribution is 2.31. The number of rotatable bonds is 10. The van der Waals surface area contributed by atoms with Gasteiger partial charge in [-0.05, 0) is 64.7 Å². The van der Waals surface area contributed by atoms with Crippen LogP contribution in [-0.4, -0.2) is 45.9 Å². The van der Waals surface area contributed by atoms with E-state index in [1.54, 1.807) is 41.5 Å². The summed E-state index contributed by atoms with van der Waals surface area (Å²) >= 11 is 0. The van der Waals surface area contributed by atoms with Crippen LogP contribution in [0.15, 0.2) is 54.6 Å². The first kappa shape index (κ1) is 31.3. The molecular weight excluding hydrogens is 496 g/mol. The second-order valence-corrected chi connectivity index (χ2v) is 11.4. The number of nitrogens with two attached hydrogens (primary N) is 1. The lowest BCUT2D eigenvalue weighted by atomic mass is 9.94. The number of aryl methyl sites for hydroxylation is 1. The summed E-state index contributed by atoms with van der Waals surface area (Å²) in [6.07, 6.45) is -0.515. The molecule has 0 aliphatic carbocycles. The van der Waals surface area contributed by atoms with Crippen LogP contribution in [0.2, 0.25) is 0 Å². The molecule has 0 fully saturated rings. The number of hydrogen-bond acceptors (Lipinski definition) is 5. The molecule has 4 amide bonds. The molecule has 0 aliphatic heterocycles. The van der Waals surface area contributed by atoms with Gasteiger partial charge in [-0.1, -0.05) is 61.5 Å². The van der Waals surface area contributed by atoms with Crippen molar-refractivity contribution in [1.29, 1.82) is 0 Å². The second-order valence-electron chi connectivity index (χ2n) is 11.4. The smallest absolute Gasteiger partial charge is 0.408 e. The summed E-state index contributed by atoms with van der Waals surface area (Å²) < 4.78 is 5.32. The molecule has 2 atom stereocenters. The molecule has 39 heavy (non-hydrogen) atoms. The van der Waals surface area contributed by atoms with Crippen molar-refractivity contribution in [3.05, 3.63) is 71.3 Å². The molecule has 212 valence electrons. The number of primary amides is 1. The molecule has 0 aliphatic rings. The van der Waals surface area contributed by atoms with E-state index >= 15 is 0 Å². The minimum absolute atomic E-state index is 0.260.